The summed E-state index contributed by atoms with van der Waals surface area (Å²) >= 11 is 0. The molecule has 3 aromatic carbocycles. The Bertz CT molecular complexity index is 1300. The lowest BCUT2D eigenvalue weighted by Gasteiger charge is -2.12. The number of rotatable bonds is 7. The topological polar surface area (TPSA) is 107 Å². The van der Waals surface area contributed by atoms with E-state index in [4.69, 9.17) is 9.47 Å². The summed E-state index contributed by atoms with van der Waals surface area (Å²) in [5, 5.41) is 2.71. The predicted molar refractivity (Wildman–Crippen MR) is 128 cm³/mol. The van der Waals surface area contributed by atoms with Crippen molar-refractivity contribution in [2.45, 2.75) is 13.5 Å². The fourth-order valence-electron chi connectivity index (χ4n) is 3.44. The quantitative estimate of drug-likeness (QED) is 0.366. The average molecular weight is 460 g/mol. The van der Waals surface area contributed by atoms with Gasteiger partial charge < -0.3 is 14.8 Å². The molecule has 9 heteroatoms. The highest BCUT2D eigenvalue weighted by atomic mass is 16.5. The Morgan fingerprint density at radius 1 is 0.971 bits per heavy atom. The van der Waals surface area contributed by atoms with Gasteiger partial charge in [-0.3, -0.25) is 14.8 Å². The van der Waals surface area contributed by atoms with Crippen LogP contribution in [0.3, 0.4) is 0 Å². The van der Waals surface area contributed by atoms with Crippen LogP contribution in [0.5, 0.6) is 11.5 Å². The van der Waals surface area contributed by atoms with Gasteiger partial charge in [0.05, 0.1) is 24.8 Å². The third-order valence-corrected chi connectivity index (χ3v) is 5.14. The molecule has 0 aliphatic carbocycles. The van der Waals surface area contributed by atoms with Gasteiger partial charge in [-0.2, -0.15) is 0 Å². The predicted octanol–water partition coefficient (Wildman–Crippen LogP) is 3.58. The van der Waals surface area contributed by atoms with Gasteiger partial charge in [0.1, 0.15) is 6.33 Å². The van der Waals surface area contributed by atoms with E-state index in [-0.39, 0.29) is 0 Å². The van der Waals surface area contributed by atoms with Gasteiger partial charge in [0.15, 0.2) is 11.5 Å². The van der Waals surface area contributed by atoms with E-state index in [0.29, 0.717) is 30.2 Å². The molecule has 4 rings (SSSR count). The Kier molecular flexibility index (Phi) is 6.92. The molecule has 3 N–H and O–H groups in total. The SMILES string of the molecule is CCOc1ccc(C(=O)NNC(=O)NCc2ccc(-n3cnc4ccccc43)cc2)cc1OC. The Hall–Kier alpha value is -4.53. The smallest absolute Gasteiger partial charge is 0.333 e. The molecule has 34 heavy (non-hydrogen) atoms. The summed E-state index contributed by atoms with van der Waals surface area (Å²) in [4.78, 5) is 28.9. The van der Waals surface area contributed by atoms with Crippen LogP contribution in [0.25, 0.3) is 16.7 Å². The summed E-state index contributed by atoms with van der Waals surface area (Å²) in [6.45, 7) is 2.63. The van der Waals surface area contributed by atoms with E-state index >= 15 is 0 Å². The highest BCUT2D eigenvalue weighted by molar-refractivity contribution is 5.95. The first-order valence-corrected chi connectivity index (χ1v) is 10.8. The van der Waals surface area contributed by atoms with E-state index in [2.05, 4.69) is 21.2 Å². The third-order valence-electron chi connectivity index (χ3n) is 5.14. The lowest BCUT2D eigenvalue weighted by atomic mass is 10.2. The van der Waals surface area contributed by atoms with Gasteiger partial charge in [0.2, 0.25) is 0 Å². The standard InChI is InChI=1S/C25H25N5O4/c1-3-34-22-13-10-18(14-23(22)33-2)24(31)28-29-25(32)26-15-17-8-11-19(12-9-17)30-16-27-20-6-4-5-7-21(20)30/h4-14,16H,3,15H2,1-2H3,(H,28,31)(H2,26,29,32). The van der Waals surface area contributed by atoms with Gasteiger partial charge in [-0.25, -0.2) is 15.2 Å². The highest BCUT2D eigenvalue weighted by Gasteiger charge is 2.12. The number of hydrazine groups is 1. The first-order chi connectivity index (χ1) is 16.6. The van der Waals surface area contributed by atoms with Crippen molar-refractivity contribution in [3.8, 4) is 17.2 Å². The summed E-state index contributed by atoms with van der Waals surface area (Å²) in [5.74, 6) is 0.499. The molecule has 0 fully saturated rings. The number of ether oxygens (including phenoxy) is 2. The van der Waals surface area contributed by atoms with Gasteiger partial charge in [-0.1, -0.05) is 24.3 Å². The number of fused-ring (bicyclic) bond motifs is 1. The summed E-state index contributed by atoms with van der Waals surface area (Å²) in [6, 6.07) is 19.9. The number of nitrogens with zero attached hydrogens (tertiary/aromatic N) is 2. The molecule has 0 radical (unpaired) electrons. The summed E-state index contributed by atoms with van der Waals surface area (Å²) in [6.07, 6.45) is 1.79. The van der Waals surface area contributed by atoms with Crippen LogP contribution in [-0.2, 0) is 6.54 Å². The van der Waals surface area contributed by atoms with Gasteiger partial charge in [0, 0.05) is 17.8 Å². The van der Waals surface area contributed by atoms with Crippen LogP contribution in [-0.4, -0.2) is 35.2 Å². The largest absolute Gasteiger partial charge is 0.493 e. The number of para-hydroxylation sites is 2. The maximum absolute atomic E-state index is 12.3. The Balaban J connectivity index is 1.29. The number of carbonyl (C=O) groups excluding carboxylic acids is 2. The monoisotopic (exact) mass is 459 g/mol. The average Bonchev–Trinajstić information content (AvgIpc) is 3.31. The number of aromatic nitrogens is 2. The summed E-state index contributed by atoms with van der Waals surface area (Å²) in [5.41, 5.74) is 8.87. The molecule has 0 aliphatic heterocycles. The number of benzene rings is 3. The summed E-state index contributed by atoms with van der Waals surface area (Å²) in [7, 11) is 1.50. The number of imidazole rings is 1. The highest BCUT2D eigenvalue weighted by Crippen LogP contribution is 2.28. The number of urea groups is 1. The lowest BCUT2D eigenvalue weighted by molar-refractivity contribution is 0.0936. The molecule has 0 saturated heterocycles. The first-order valence-electron chi connectivity index (χ1n) is 10.8. The molecule has 174 valence electrons. The molecule has 0 unspecified atom stereocenters. The minimum Gasteiger partial charge on any atom is -0.493 e. The number of hydrogen-bond donors (Lipinski definition) is 3. The van der Waals surface area contributed by atoms with Crippen molar-refractivity contribution in [1.29, 1.82) is 0 Å². The van der Waals surface area contributed by atoms with E-state index in [1.807, 2.05) is 60.0 Å². The number of amides is 3. The second-order valence-corrected chi connectivity index (χ2v) is 7.33. The lowest BCUT2D eigenvalue weighted by Crippen LogP contribution is -2.46. The Morgan fingerprint density at radius 2 is 1.76 bits per heavy atom. The minimum absolute atomic E-state index is 0.295. The number of hydrogen-bond acceptors (Lipinski definition) is 5. The maximum Gasteiger partial charge on any atom is 0.333 e. The second kappa shape index (κ2) is 10.4. The van der Waals surface area contributed by atoms with Crippen molar-refractivity contribution >= 4 is 23.0 Å². The molecule has 0 saturated carbocycles. The molecule has 0 spiro atoms. The Labute approximate surface area is 196 Å². The third kappa shape index (κ3) is 5.09. The van der Waals surface area contributed by atoms with Crippen molar-refractivity contribution in [2.75, 3.05) is 13.7 Å². The summed E-state index contributed by atoms with van der Waals surface area (Å²) < 4.78 is 12.7. The van der Waals surface area contributed by atoms with E-state index in [0.717, 1.165) is 22.3 Å². The van der Waals surface area contributed by atoms with E-state index in [1.165, 1.54) is 7.11 Å². The van der Waals surface area contributed by atoms with Gasteiger partial charge >= 0.3 is 6.03 Å². The zero-order valence-electron chi connectivity index (χ0n) is 18.9. The molecule has 0 aliphatic rings. The van der Waals surface area contributed by atoms with Crippen LogP contribution in [0.4, 0.5) is 4.79 Å². The van der Waals surface area contributed by atoms with Crippen molar-refractivity contribution < 1.29 is 19.1 Å². The van der Waals surface area contributed by atoms with Crippen molar-refractivity contribution in [3.05, 3.63) is 84.2 Å². The molecule has 9 nitrogen and oxygen atoms in total. The van der Waals surface area contributed by atoms with Crippen LogP contribution < -0.4 is 25.6 Å². The van der Waals surface area contributed by atoms with Crippen molar-refractivity contribution in [1.82, 2.24) is 25.7 Å². The second-order valence-electron chi connectivity index (χ2n) is 7.33. The fraction of sp³-hybridized carbons (Fsp3) is 0.160. The van der Waals surface area contributed by atoms with Crippen LogP contribution in [0.15, 0.2) is 73.1 Å². The first kappa shape index (κ1) is 22.7. The molecule has 1 heterocycles. The van der Waals surface area contributed by atoms with E-state index in [9.17, 15) is 9.59 Å². The Morgan fingerprint density at radius 3 is 2.53 bits per heavy atom. The van der Waals surface area contributed by atoms with Gasteiger partial charge in [0.25, 0.3) is 5.91 Å². The number of carbonyl (C=O) groups is 2. The molecule has 0 bridgehead atoms. The number of nitrogens with one attached hydrogen (secondary N) is 3. The van der Waals surface area contributed by atoms with Crippen LogP contribution in [0.1, 0.15) is 22.8 Å². The van der Waals surface area contributed by atoms with Gasteiger partial charge in [-0.05, 0) is 55.0 Å². The zero-order valence-corrected chi connectivity index (χ0v) is 18.9. The molecular weight excluding hydrogens is 434 g/mol. The van der Waals surface area contributed by atoms with Crippen molar-refractivity contribution in [3.63, 3.8) is 0 Å². The normalized spacial score (nSPS) is 10.5. The molecular formula is C25H25N5O4. The molecule has 0 atom stereocenters. The van der Waals surface area contributed by atoms with Crippen LogP contribution in [0, 0.1) is 0 Å². The van der Waals surface area contributed by atoms with Crippen molar-refractivity contribution in [2.24, 2.45) is 0 Å². The minimum atomic E-state index is -0.532. The van der Waals surface area contributed by atoms with Crippen LogP contribution in [0.2, 0.25) is 0 Å². The molecule has 4 aromatic rings. The molecule has 1 aromatic heterocycles. The number of methoxy groups -OCH3 is 1. The van der Waals surface area contributed by atoms with Crippen LogP contribution >= 0.6 is 0 Å². The van der Waals surface area contributed by atoms with Gasteiger partial charge in [-0.15, -0.1) is 0 Å². The van der Waals surface area contributed by atoms with E-state index < -0.39 is 11.9 Å². The molecule has 3 amide bonds. The van der Waals surface area contributed by atoms with E-state index in [1.54, 1.807) is 24.5 Å². The zero-order chi connectivity index (χ0) is 23.9. The fourth-order valence-corrected chi connectivity index (χ4v) is 3.44. The maximum atomic E-state index is 12.3.